The number of carbonyl (C=O) groups is 2. The van der Waals surface area contributed by atoms with E-state index in [0.717, 1.165) is 12.1 Å². The molecule has 1 saturated heterocycles. The van der Waals surface area contributed by atoms with E-state index in [0.29, 0.717) is 25.8 Å². The smallest absolute Gasteiger partial charge is 0.329 e. The van der Waals surface area contributed by atoms with Crippen LogP contribution in [0.1, 0.15) is 25.7 Å². The van der Waals surface area contributed by atoms with Crippen LogP contribution >= 0.6 is 0 Å². The molecule has 23 heavy (non-hydrogen) atoms. The number of benzene rings is 1. The highest BCUT2D eigenvalue weighted by Crippen LogP contribution is 2.40. The van der Waals surface area contributed by atoms with E-state index < -0.39 is 28.4 Å². The molecule has 0 radical (unpaired) electrons. The molecule has 2 aliphatic rings. The van der Waals surface area contributed by atoms with Crippen LogP contribution in [-0.4, -0.2) is 35.0 Å². The number of hydrogen-bond acceptors (Lipinski definition) is 6. The number of primary amides is 1. The molecule has 1 aliphatic carbocycles. The minimum atomic E-state index is -1.12. The molecule has 0 spiro atoms. The summed E-state index contributed by atoms with van der Waals surface area (Å²) in [6.07, 6.45) is 2.36. The summed E-state index contributed by atoms with van der Waals surface area (Å²) in [6, 6.07) is 5.55. The van der Waals surface area contributed by atoms with Crippen molar-refractivity contribution < 1.29 is 19.2 Å². The molecule has 2 fully saturated rings. The highest BCUT2D eigenvalue weighted by Gasteiger charge is 2.54. The van der Waals surface area contributed by atoms with E-state index in [4.69, 9.17) is 10.5 Å². The van der Waals surface area contributed by atoms with Gasteiger partial charge in [0.15, 0.2) is 5.60 Å². The number of amides is 1. The first-order chi connectivity index (χ1) is 10.9. The molecule has 1 aliphatic heterocycles. The number of nitrogens with zero attached hydrogens (tertiary/aromatic N) is 2. The fourth-order valence-electron chi connectivity index (χ4n) is 2.86. The minimum absolute atomic E-state index is 0.00210. The van der Waals surface area contributed by atoms with Gasteiger partial charge in [-0.2, -0.15) is 0 Å². The molecule has 1 heterocycles. The van der Waals surface area contributed by atoms with Gasteiger partial charge >= 0.3 is 5.97 Å². The second-order valence-corrected chi connectivity index (χ2v) is 5.90. The van der Waals surface area contributed by atoms with Crippen molar-refractivity contribution in [2.45, 2.75) is 37.3 Å². The second kappa shape index (κ2) is 5.53. The highest BCUT2D eigenvalue weighted by molar-refractivity contribution is 5.91. The van der Waals surface area contributed by atoms with Gasteiger partial charge < -0.3 is 15.4 Å². The Hall–Kier alpha value is -2.64. The Morgan fingerprint density at radius 1 is 1.30 bits per heavy atom. The molecule has 2 N–H and O–H groups in total. The monoisotopic (exact) mass is 319 g/mol. The molecular weight excluding hydrogens is 302 g/mol. The summed E-state index contributed by atoms with van der Waals surface area (Å²) in [5.74, 6) is -1.07. The van der Waals surface area contributed by atoms with Gasteiger partial charge in [-0.05, 0) is 25.0 Å². The molecule has 122 valence electrons. The highest BCUT2D eigenvalue weighted by atomic mass is 16.6. The predicted octanol–water partition coefficient (Wildman–Crippen LogP) is 1.12. The van der Waals surface area contributed by atoms with E-state index in [1.165, 1.54) is 12.1 Å². The summed E-state index contributed by atoms with van der Waals surface area (Å²) in [5.41, 5.74) is 4.87. The van der Waals surface area contributed by atoms with Crippen LogP contribution in [0.15, 0.2) is 24.3 Å². The average molecular weight is 319 g/mol. The zero-order valence-corrected chi connectivity index (χ0v) is 12.4. The molecule has 1 amide bonds. The Bertz CT molecular complexity index is 654. The fourth-order valence-corrected chi connectivity index (χ4v) is 2.86. The number of esters is 1. The lowest BCUT2D eigenvalue weighted by Crippen LogP contribution is -2.43. The number of nitrogens with two attached hydrogens (primary N) is 1. The molecule has 0 aromatic heterocycles. The van der Waals surface area contributed by atoms with Crippen molar-refractivity contribution in [3.8, 4) is 0 Å². The number of non-ortho nitro benzene ring substituents is 1. The lowest BCUT2D eigenvalue weighted by atomic mass is 10.2. The minimum Gasteiger partial charge on any atom is -0.447 e. The number of nitro benzene ring substituents is 1. The number of carbonyl (C=O) groups excluding carboxylic acids is 2. The third-order valence-corrected chi connectivity index (χ3v) is 4.37. The zero-order valence-electron chi connectivity index (χ0n) is 12.4. The van der Waals surface area contributed by atoms with Gasteiger partial charge in [0, 0.05) is 37.2 Å². The Labute approximate surface area is 132 Å². The quantitative estimate of drug-likeness (QED) is 0.494. The first-order valence-corrected chi connectivity index (χ1v) is 7.47. The molecule has 1 aromatic carbocycles. The number of anilines is 1. The van der Waals surface area contributed by atoms with Gasteiger partial charge in [0.25, 0.3) is 11.6 Å². The Morgan fingerprint density at radius 3 is 2.48 bits per heavy atom. The predicted molar refractivity (Wildman–Crippen MR) is 80.7 cm³/mol. The van der Waals surface area contributed by atoms with Gasteiger partial charge in [-0.25, -0.2) is 4.79 Å². The normalized spacial score (nSPS) is 21.7. The van der Waals surface area contributed by atoms with Crippen LogP contribution in [0.3, 0.4) is 0 Å². The van der Waals surface area contributed by atoms with Crippen LogP contribution in [-0.2, 0) is 14.3 Å². The number of nitro groups is 1. The molecule has 1 aromatic rings. The van der Waals surface area contributed by atoms with Gasteiger partial charge in [-0.3, -0.25) is 14.9 Å². The average Bonchev–Trinajstić information content (AvgIpc) is 3.13. The fraction of sp³-hybridized carbons (Fsp3) is 0.467. The van der Waals surface area contributed by atoms with Crippen molar-refractivity contribution in [1.29, 1.82) is 0 Å². The van der Waals surface area contributed by atoms with Crippen molar-refractivity contribution in [2.24, 2.45) is 5.73 Å². The molecule has 1 atom stereocenters. The van der Waals surface area contributed by atoms with Crippen LogP contribution in [0.5, 0.6) is 0 Å². The maximum atomic E-state index is 12.4. The summed E-state index contributed by atoms with van der Waals surface area (Å²) < 4.78 is 5.34. The maximum Gasteiger partial charge on any atom is 0.329 e. The molecule has 8 heteroatoms. The molecule has 3 rings (SSSR count). The van der Waals surface area contributed by atoms with Crippen LogP contribution in [0.25, 0.3) is 0 Å². The van der Waals surface area contributed by atoms with Crippen LogP contribution in [0, 0.1) is 10.1 Å². The summed E-state index contributed by atoms with van der Waals surface area (Å²) in [5, 5.41) is 10.7. The van der Waals surface area contributed by atoms with Crippen molar-refractivity contribution in [3.63, 3.8) is 0 Å². The van der Waals surface area contributed by atoms with E-state index in [1.807, 2.05) is 4.90 Å². The van der Waals surface area contributed by atoms with Crippen LogP contribution in [0.4, 0.5) is 11.4 Å². The number of hydrogen-bond donors (Lipinski definition) is 1. The SMILES string of the molecule is NC(=O)C1(OC(=O)C2CCCN2c2ccc([N+](=O)[O-])cc2)CC1. The maximum absolute atomic E-state index is 12.4. The van der Waals surface area contributed by atoms with E-state index in [9.17, 15) is 19.7 Å². The summed E-state index contributed by atoms with van der Waals surface area (Å²) >= 11 is 0. The van der Waals surface area contributed by atoms with Crippen LogP contribution < -0.4 is 10.6 Å². The van der Waals surface area contributed by atoms with Gasteiger partial charge in [0.05, 0.1) is 4.92 Å². The third kappa shape index (κ3) is 2.84. The summed E-state index contributed by atoms with van der Waals surface area (Å²) in [6.45, 7) is 0.654. The van der Waals surface area contributed by atoms with Gasteiger partial charge in [0.1, 0.15) is 6.04 Å². The van der Waals surface area contributed by atoms with E-state index >= 15 is 0 Å². The largest absolute Gasteiger partial charge is 0.447 e. The van der Waals surface area contributed by atoms with Crippen molar-refractivity contribution in [3.05, 3.63) is 34.4 Å². The second-order valence-electron chi connectivity index (χ2n) is 5.90. The first-order valence-electron chi connectivity index (χ1n) is 7.47. The topological polar surface area (TPSA) is 116 Å². The van der Waals surface area contributed by atoms with Crippen molar-refractivity contribution >= 4 is 23.3 Å². The Kier molecular flexibility index (Phi) is 3.67. The lowest BCUT2D eigenvalue weighted by molar-refractivity contribution is -0.384. The summed E-state index contributed by atoms with van der Waals surface area (Å²) in [4.78, 5) is 35.8. The number of rotatable bonds is 5. The molecule has 0 bridgehead atoms. The number of ether oxygens (including phenoxy) is 1. The van der Waals surface area contributed by atoms with Gasteiger partial charge in [-0.15, -0.1) is 0 Å². The van der Waals surface area contributed by atoms with Gasteiger partial charge in [0.2, 0.25) is 0 Å². The van der Waals surface area contributed by atoms with E-state index in [1.54, 1.807) is 12.1 Å². The first kappa shape index (κ1) is 15.3. The molecule has 8 nitrogen and oxygen atoms in total. The van der Waals surface area contributed by atoms with Crippen molar-refractivity contribution in [1.82, 2.24) is 0 Å². The lowest BCUT2D eigenvalue weighted by Gasteiger charge is -2.26. The Morgan fingerprint density at radius 2 is 1.96 bits per heavy atom. The summed E-state index contributed by atoms with van der Waals surface area (Å²) in [7, 11) is 0. The third-order valence-electron chi connectivity index (χ3n) is 4.37. The van der Waals surface area contributed by atoms with Crippen molar-refractivity contribution in [2.75, 3.05) is 11.4 Å². The van der Waals surface area contributed by atoms with E-state index in [-0.39, 0.29) is 5.69 Å². The van der Waals surface area contributed by atoms with Gasteiger partial charge in [-0.1, -0.05) is 0 Å². The van der Waals surface area contributed by atoms with Crippen LogP contribution in [0.2, 0.25) is 0 Å². The van der Waals surface area contributed by atoms with E-state index in [2.05, 4.69) is 0 Å². The molecule has 1 unspecified atom stereocenters. The zero-order chi connectivity index (χ0) is 16.6. The molecule has 1 saturated carbocycles. The Balaban J connectivity index is 1.73. The standard InChI is InChI=1S/C15H17N3O5/c16-14(20)15(7-8-15)23-13(19)12-2-1-9-17(12)10-3-5-11(6-4-10)18(21)22/h3-6,12H,1-2,7-9H2,(H2,16,20). The molecular formula is C15H17N3O5.